The number of hydrogen-bond acceptors (Lipinski definition) is 4. The van der Waals surface area contributed by atoms with Crippen LogP contribution in [0.3, 0.4) is 0 Å². The Labute approximate surface area is 124 Å². The third kappa shape index (κ3) is 3.53. The Morgan fingerprint density at radius 3 is 2.29 bits per heavy atom. The van der Waals surface area contributed by atoms with Gasteiger partial charge in [0.15, 0.2) is 0 Å². The van der Waals surface area contributed by atoms with E-state index in [4.69, 9.17) is 5.11 Å². The lowest BCUT2D eigenvalue weighted by molar-refractivity contribution is -0.139. The highest BCUT2D eigenvalue weighted by Crippen LogP contribution is 2.41. The number of imide groups is 1. The summed E-state index contributed by atoms with van der Waals surface area (Å²) in [7, 11) is 1.47. The molecule has 118 valence electrons. The molecule has 7 heteroatoms. The van der Waals surface area contributed by atoms with Gasteiger partial charge in [-0.05, 0) is 38.5 Å². The number of hydrogen-bond donors (Lipinski definition) is 3. The molecule has 7 nitrogen and oxygen atoms in total. The van der Waals surface area contributed by atoms with Gasteiger partial charge < -0.3 is 10.4 Å². The van der Waals surface area contributed by atoms with E-state index in [1.54, 1.807) is 6.92 Å². The molecule has 0 radical (unpaired) electrons. The van der Waals surface area contributed by atoms with Gasteiger partial charge in [-0.25, -0.2) is 4.79 Å². The Morgan fingerprint density at radius 1 is 1.24 bits per heavy atom. The molecule has 0 aliphatic carbocycles. The number of aliphatic carboxylic acids is 1. The standard InChI is InChI=1S/C14H23N3O4/c1-8(13(20)16-14(21)15-2)17-10-3-4-11(17)6-9(5-10)7-12(18)19/h8-11H,3-7H2,1-2H3,(H,18,19)(H2,15,16,20,21). The van der Waals surface area contributed by atoms with Crippen molar-refractivity contribution in [3.63, 3.8) is 0 Å². The summed E-state index contributed by atoms with van der Waals surface area (Å²) in [4.78, 5) is 36.3. The van der Waals surface area contributed by atoms with E-state index in [1.165, 1.54) is 7.05 Å². The molecule has 2 aliphatic rings. The molecule has 2 rings (SSSR count). The highest BCUT2D eigenvalue weighted by molar-refractivity contribution is 5.96. The summed E-state index contributed by atoms with van der Waals surface area (Å²) < 4.78 is 0. The fraction of sp³-hybridized carbons (Fsp3) is 0.786. The van der Waals surface area contributed by atoms with Crippen LogP contribution in [0.2, 0.25) is 0 Å². The van der Waals surface area contributed by atoms with Crippen LogP contribution in [0, 0.1) is 5.92 Å². The number of nitrogens with one attached hydrogen (secondary N) is 2. The third-order valence-electron chi connectivity index (χ3n) is 4.64. The fourth-order valence-electron chi connectivity index (χ4n) is 3.79. The van der Waals surface area contributed by atoms with Gasteiger partial charge >= 0.3 is 12.0 Å². The highest BCUT2D eigenvalue weighted by atomic mass is 16.4. The smallest absolute Gasteiger partial charge is 0.321 e. The molecule has 3 amide bonds. The number of carboxylic acids is 1. The van der Waals surface area contributed by atoms with Crippen LogP contribution in [-0.4, -0.2) is 53.1 Å². The Bertz CT molecular complexity index is 426. The first-order valence-electron chi connectivity index (χ1n) is 7.44. The molecule has 2 aliphatic heterocycles. The number of urea groups is 1. The van der Waals surface area contributed by atoms with E-state index >= 15 is 0 Å². The van der Waals surface area contributed by atoms with Gasteiger partial charge in [0.05, 0.1) is 6.04 Å². The van der Waals surface area contributed by atoms with Crippen molar-refractivity contribution in [2.24, 2.45) is 5.92 Å². The Balaban J connectivity index is 1.97. The average Bonchev–Trinajstić information content (AvgIpc) is 2.68. The van der Waals surface area contributed by atoms with Crippen molar-refractivity contribution in [2.45, 2.75) is 57.2 Å². The van der Waals surface area contributed by atoms with Crippen molar-refractivity contribution in [3.8, 4) is 0 Å². The number of carboxylic acid groups (broad SMARTS) is 1. The molecule has 2 fully saturated rings. The first-order valence-corrected chi connectivity index (χ1v) is 7.44. The zero-order valence-corrected chi connectivity index (χ0v) is 12.5. The quantitative estimate of drug-likeness (QED) is 0.704. The topological polar surface area (TPSA) is 98.7 Å². The number of rotatable bonds is 4. The summed E-state index contributed by atoms with van der Waals surface area (Å²) in [6.07, 6.45) is 3.84. The van der Waals surface area contributed by atoms with Crippen LogP contribution in [0.4, 0.5) is 4.79 Å². The number of piperidine rings is 1. The molecule has 3 unspecified atom stereocenters. The van der Waals surface area contributed by atoms with Crippen LogP contribution in [0.1, 0.15) is 39.0 Å². The van der Waals surface area contributed by atoms with Crippen molar-refractivity contribution in [2.75, 3.05) is 7.05 Å². The van der Waals surface area contributed by atoms with E-state index in [-0.39, 0.29) is 36.4 Å². The molecule has 0 spiro atoms. The Morgan fingerprint density at radius 2 is 1.81 bits per heavy atom. The normalized spacial score (nSPS) is 29.7. The maximum atomic E-state index is 12.1. The summed E-state index contributed by atoms with van der Waals surface area (Å²) in [6, 6.07) is -0.373. The van der Waals surface area contributed by atoms with Gasteiger partial charge in [0, 0.05) is 25.6 Å². The van der Waals surface area contributed by atoms with Gasteiger partial charge in [-0.2, -0.15) is 0 Å². The predicted octanol–water partition coefficient (Wildman–Crippen LogP) is 0.548. The minimum Gasteiger partial charge on any atom is -0.481 e. The summed E-state index contributed by atoms with van der Waals surface area (Å²) >= 11 is 0. The monoisotopic (exact) mass is 297 g/mol. The van der Waals surface area contributed by atoms with Gasteiger partial charge in [0.25, 0.3) is 0 Å². The molecule has 3 atom stereocenters. The predicted molar refractivity (Wildman–Crippen MR) is 75.7 cm³/mol. The Kier molecular flexibility index (Phi) is 4.82. The molecule has 3 N–H and O–H groups in total. The lowest BCUT2D eigenvalue weighted by atomic mass is 9.87. The van der Waals surface area contributed by atoms with Gasteiger partial charge in [0.1, 0.15) is 0 Å². The van der Waals surface area contributed by atoms with Crippen molar-refractivity contribution >= 4 is 17.9 Å². The van der Waals surface area contributed by atoms with Gasteiger partial charge in [-0.1, -0.05) is 0 Å². The van der Waals surface area contributed by atoms with Crippen molar-refractivity contribution in [1.29, 1.82) is 0 Å². The third-order valence-corrected chi connectivity index (χ3v) is 4.64. The van der Waals surface area contributed by atoms with E-state index < -0.39 is 12.0 Å². The van der Waals surface area contributed by atoms with E-state index in [2.05, 4.69) is 15.5 Å². The number of amides is 3. The number of fused-ring (bicyclic) bond motifs is 2. The molecule has 2 saturated heterocycles. The molecule has 21 heavy (non-hydrogen) atoms. The minimum atomic E-state index is -0.752. The van der Waals surface area contributed by atoms with Crippen molar-refractivity contribution in [3.05, 3.63) is 0 Å². The minimum absolute atomic E-state index is 0.199. The summed E-state index contributed by atoms with van der Waals surface area (Å²) in [5, 5.41) is 13.6. The van der Waals surface area contributed by atoms with Gasteiger partial charge in [-0.15, -0.1) is 0 Å². The van der Waals surface area contributed by atoms with Crippen LogP contribution in [0.25, 0.3) is 0 Å². The van der Waals surface area contributed by atoms with Crippen LogP contribution < -0.4 is 10.6 Å². The number of carbonyl (C=O) groups is 3. The largest absolute Gasteiger partial charge is 0.481 e. The molecule has 0 aromatic carbocycles. The highest BCUT2D eigenvalue weighted by Gasteiger charge is 2.44. The first kappa shape index (κ1) is 15.8. The number of carbonyl (C=O) groups excluding carboxylic acids is 2. The average molecular weight is 297 g/mol. The Hall–Kier alpha value is -1.63. The van der Waals surface area contributed by atoms with Crippen LogP contribution in [0.15, 0.2) is 0 Å². The molecule has 0 aromatic rings. The van der Waals surface area contributed by atoms with E-state index in [1.807, 2.05) is 0 Å². The molecular weight excluding hydrogens is 274 g/mol. The second-order valence-electron chi connectivity index (χ2n) is 6.01. The lowest BCUT2D eigenvalue weighted by Crippen LogP contribution is -2.55. The fourth-order valence-corrected chi connectivity index (χ4v) is 3.79. The second kappa shape index (κ2) is 6.43. The number of nitrogens with zero attached hydrogens (tertiary/aromatic N) is 1. The van der Waals surface area contributed by atoms with Gasteiger partial charge in [-0.3, -0.25) is 19.8 Å². The van der Waals surface area contributed by atoms with Crippen molar-refractivity contribution in [1.82, 2.24) is 15.5 Å². The molecule has 2 heterocycles. The van der Waals surface area contributed by atoms with Crippen molar-refractivity contribution < 1.29 is 19.5 Å². The molecule has 2 bridgehead atoms. The zero-order valence-electron chi connectivity index (χ0n) is 12.5. The maximum Gasteiger partial charge on any atom is 0.321 e. The summed E-state index contributed by atoms with van der Waals surface area (Å²) in [6.45, 7) is 1.81. The second-order valence-corrected chi connectivity index (χ2v) is 6.01. The van der Waals surface area contributed by atoms with E-state index in [0.717, 1.165) is 25.7 Å². The van der Waals surface area contributed by atoms with E-state index in [9.17, 15) is 14.4 Å². The molecule has 0 saturated carbocycles. The van der Waals surface area contributed by atoms with Crippen LogP contribution in [-0.2, 0) is 9.59 Å². The van der Waals surface area contributed by atoms with Crippen LogP contribution >= 0.6 is 0 Å². The van der Waals surface area contributed by atoms with Gasteiger partial charge in [0.2, 0.25) is 5.91 Å². The first-order chi connectivity index (χ1) is 9.92. The summed E-state index contributed by atoms with van der Waals surface area (Å²) in [5.41, 5.74) is 0. The molecular formula is C14H23N3O4. The van der Waals surface area contributed by atoms with E-state index in [0.29, 0.717) is 0 Å². The molecule has 0 aromatic heterocycles. The lowest BCUT2D eigenvalue weighted by Gasteiger charge is -2.41. The maximum absolute atomic E-state index is 12.1. The van der Waals surface area contributed by atoms with Crippen LogP contribution in [0.5, 0.6) is 0 Å². The SMILES string of the molecule is CNC(=O)NC(=O)C(C)N1C2CCC1CC(CC(=O)O)C2. The summed E-state index contributed by atoms with van der Waals surface area (Å²) in [5.74, 6) is -0.855. The zero-order chi connectivity index (χ0) is 15.6.